The molecule has 0 fully saturated rings. The molecule has 3 rings (SSSR count). The summed E-state index contributed by atoms with van der Waals surface area (Å²) in [4.78, 5) is 6.10. The van der Waals surface area contributed by atoms with E-state index in [1.54, 1.807) is 11.3 Å². The summed E-state index contributed by atoms with van der Waals surface area (Å²) in [7, 11) is 0. The maximum atomic E-state index is 6.31. The number of benzene rings is 1. The normalized spacial score (nSPS) is 11.1. The van der Waals surface area contributed by atoms with Crippen molar-refractivity contribution in [1.82, 2.24) is 4.98 Å². The van der Waals surface area contributed by atoms with Crippen molar-refractivity contribution in [2.75, 3.05) is 0 Å². The molecule has 1 aromatic carbocycles. The van der Waals surface area contributed by atoms with Gasteiger partial charge in [0.05, 0.1) is 21.1 Å². The molecule has 0 amide bonds. The summed E-state index contributed by atoms with van der Waals surface area (Å²) in [5, 5.41) is 3.96. The summed E-state index contributed by atoms with van der Waals surface area (Å²) in [5.74, 6) is 0. The molecule has 0 radical (unpaired) electrons. The molecule has 0 bridgehead atoms. The van der Waals surface area contributed by atoms with Crippen LogP contribution < -0.4 is 0 Å². The van der Waals surface area contributed by atoms with E-state index in [9.17, 15) is 0 Å². The molecule has 0 N–H and O–H groups in total. The SMILES string of the molecule is CCCCCc1cc2cccc(Cl)c2nc1-c1cccs1. The number of nitrogens with zero attached hydrogens (tertiary/aromatic N) is 1. The van der Waals surface area contributed by atoms with Crippen LogP contribution in [-0.2, 0) is 6.42 Å². The first-order chi connectivity index (χ1) is 10.3. The lowest BCUT2D eigenvalue weighted by Gasteiger charge is -2.10. The fraction of sp³-hybridized carbons (Fsp3) is 0.278. The number of hydrogen-bond acceptors (Lipinski definition) is 2. The van der Waals surface area contributed by atoms with Gasteiger partial charge in [-0.25, -0.2) is 4.98 Å². The topological polar surface area (TPSA) is 12.9 Å². The zero-order valence-corrected chi connectivity index (χ0v) is 13.7. The number of pyridine rings is 1. The molecule has 3 aromatic rings. The molecule has 2 heterocycles. The van der Waals surface area contributed by atoms with E-state index in [4.69, 9.17) is 16.6 Å². The Morgan fingerprint density at radius 2 is 2.05 bits per heavy atom. The lowest BCUT2D eigenvalue weighted by molar-refractivity contribution is 0.717. The minimum absolute atomic E-state index is 0.727. The van der Waals surface area contributed by atoms with Crippen LogP contribution in [0.3, 0.4) is 0 Å². The number of thiophene rings is 1. The molecule has 1 nitrogen and oxygen atoms in total. The number of halogens is 1. The van der Waals surface area contributed by atoms with Gasteiger partial charge >= 0.3 is 0 Å². The second-order valence-corrected chi connectivity index (χ2v) is 6.60. The molecular weight excluding hydrogens is 298 g/mol. The quantitative estimate of drug-likeness (QED) is 0.500. The van der Waals surface area contributed by atoms with E-state index >= 15 is 0 Å². The monoisotopic (exact) mass is 315 g/mol. The van der Waals surface area contributed by atoms with Crippen LogP contribution in [0.25, 0.3) is 21.5 Å². The zero-order valence-electron chi connectivity index (χ0n) is 12.1. The average molecular weight is 316 g/mol. The molecule has 0 unspecified atom stereocenters. The Morgan fingerprint density at radius 3 is 2.81 bits per heavy atom. The van der Waals surface area contributed by atoms with Crippen molar-refractivity contribution in [1.29, 1.82) is 0 Å². The molecule has 0 aliphatic rings. The van der Waals surface area contributed by atoms with Gasteiger partial charge in [-0.05, 0) is 42.0 Å². The highest BCUT2D eigenvalue weighted by Gasteiger charge is 2.11. The van der Waals surface area contributed by atoms with E-state index in [1.807, 2.05) is 12.1 Å². The number of fused-ring (bicyclic) bond motifs is 1. The van der Waals surface area contributed by atoms with E-state index < -0.39 is 0 Å². The molecule has 0 saturated heterocycles. The van der Waals surface area contributed by atoms with Gasteiger partial charge in [0.2, 0.25) is 0 Å². The minimum atomic E-state index is 0.727. The van der Waals surface area contributed by atoms with Gasteiger partial charge in [0.15, 0.2) is 0 Å². The van der Waals surface area contributed by atoms with Crippen LogP contribution in [0, 0.1) is 0 Å². The molecule has 0 spiro atoms. The fourth-order valence-corrected chi connectivity index (χ4v) is 3.56. The van der Waals surface area contributed by atoms with E-state index in [0.29, 0.717) is 0 Å². The predicted molar refractivity (Wildman–Crippen MR) is 93.3 cm³/mol. The first-order valence-electron chi connectivity index (χ1n) is 7.41. The number of hydrogen-bond donors (Lipinski definition) is 0. The third-order valence-corrected chi connectivity index (χ3v) is 4.86. The summed E-state index contributed by atoms with van der Waals surface area (Å²) in [6, 6.07) is 12.5. The Bertz CT molecular complexity index is 734. The van der Waals surface area contributed by atoms with Gasteiger partial charge in [-0.2, -0.15) is 0 Å². The number of para-hydroxylation sites is 1. The maximum absolute atomic E-state index is 6.31. The van der Waals surface area contributed by atoms with Crippen LogP contribution in [0.15, 0.2) is 41.8 Å². The number of aromatic nitrogens is 1. The number of unbranched alkanes of at least 4 members (excludes halogenated alkanes) is 2. The Balaban J connectivity index is 2.11. The molecule has 0 aliphatic carbocycles. The van der Waals surface area contributed by atoms with Gasteiger partial charge in [0.25, 0.3) is 0 Å². The predicted octanol–water partition coefficient (Wildman–Crippen LogP) is 6.35. The minimum Gasteiger partial charge on any atom is -0.245 e. The highest BCUT2D eigenvalue weighted by atomic mass is 35.5. The van der Waals surface area contributed by atoms with E-state index in [0.717, 1.165) is 28.0 Å². The molecule has 0 aliphatic heterocycles. The van der Waals surface area contributed by atoms with Gasteiger partial charge in [-0.1, -0.05) is 49.6 Å². The summed E-state index contributed by atoms with van der Waals surface area (Å²) < 4.78 is 0. The largest absolute Gasteiger partial charge is 0.245 e. The van der Waals surface area contributed by atoms with Gasteiger partial charge in [-0.15, -0.1) is 11.3 Å². The van der Waals surface area contributed by atoms with Crippen molar-refractivity contribution in [3.05, 3.63) is 52.4 Å². The average Bonchev–Trinajstić information content (AvgIpc) is 3.01. The van der Waals surface area contributed by atoms with Crippen LogP contribution in [0.2, 0.25) is 5.02 Å². The van der Waals surface area contributed by atoms with Crippen LogP contribution in [0.4, 0.5) is 0 Å². The van der Waals surface area contributed by atoms with Crippen LogP contribution >= 0.6 is 22.9 Å². The first kappa shape index (κ1) is 14.6. The third-order valence-electron chi connectivity index (χ3n) is 3.68. The van der Waals surface area contributed by atoms with Gasteiger partial charge in [-0.3, -0.25) is 0 Å². The summed E-state index contributed by atoms with van der Waals surface area (Å²) in [5.41, 5.74) is 3.34. The lowest BCUT2D eigenvalue weighted by Crippen LogP contribution is -1.94. The second-order valence-electron chi connectivity index (χ2n) is 5.24. The van der Waals surface area contributed by atoms with E-state index in [1.165, 1.54) is 29.7 Å². The fourth-order valence-electron chi connectivity index (χ4n) is 2.59. The Hall–Kier alpha value is -1.38. The van der Waals surface area contributed by atoms with Gasteiger partial charge in [0.1, 0.15) is 0 Å². The van der Waals surface area contributed by atoms with Crippen LogP contribution in [0.5, 0.6) is 0 Å². The maximum Gasteiger partial charge on any atom is 0.0896 e. The highest BCUT2D eigenvalue weighted by molar-refractivity contribution is 7.13. The molecule has 3 heteroatoms. The van der Waals surface area contributed by atoms with E-state index in [2.05, 4.69) is 36.6 Å². The summed E-state index contributed by atoms with van der Waals surface area (Å²) in [6.07, 6.45) is 4.79. The van der Waals surface area contributed by atoms with Crippen LogP contribution in [-0.4, -0.2) is 4.98 Å². The van der Waals surface area contributed by atoms with Crippen molar-refractivity contribution in [3.63, 3.8) is 0 Å². The summed E-state index contributed by atoms with van der Waals surface area (Å²) >= 11 is 8.05. The third kappa shape index (κ3) is 3.12. The Kier molecular flexibility index (Phi) is 4.57. The van der Waals surface area contributed by atoms with Crippen molar-refractivity contribution in [2.24, 2.45) is 0 Å². The molecular formula is C18H18ClNS. The van der Waals surface area contributed by atoms with Crippen molar-refractivity contribution < 1.29 is 0 Å². The number of rotatable bonds is 5. The molecule has 21 heavy (non-hydrogen) atoms. The summed E-state index contributed by atoms with van der Waals surface area (Å²) in [6.45, 7) is 2.23. The zero-order chi connectivity index (χ0) is 14.7. The number of aryl methyl sites for hydroxylation is 1. The Labute approximate surface area is 134 Å². The van der Waals surface area contributed by atoms with Crippen molar-refractivity contribution in [2.45, 2.75) is 32.6 Å². The van der Waals surface area contributed by atoms with Crippen LogP contribution in [0.1, 0.15) is 31.7 Å². The Morgan fingerprint density at radius 1 is 1.14 bits per heavy atom. The molecule has 108 valence electrons. The van der Waals surface area contributed by atoms with Crippen molar-refractivity contribution >= 4 is 33.8 Å². The molecule has 2 aromatic heterocycles. The standard InChI is InChI=1S/C18H18ClNS/c1-2-3-4-7-14-12-13-8-5-9-15(19)17(13)20-18(14)16-10-6-11-21-16/h5-6,8-12H,2-4,7H2,1H3. The molecule has 0 atom stereocenters. The highest BCUT2D eigenvalue weighted by Crippen LogP contribution is 2.32. The second kappa shape index (κ2) is 6.59. The van der Waals surface area contributed by atoms with Gasteiger partial charge in [0, 0.05) is 5.39 Å². The van der Waals surface area contributed by atoms with Crippen molar-refractivity contribution in [3.8, 4) is 10.6 Å². The van der Waals surface area contributed by atoms with Gasteiger partial charge < -0.3 is 0 Å². The lowest BCUT2D eigenvalue weighted by atomic mass is 10.0. The smallest absolute Gasteiger partial charge is 0.0896 e. The molecule has 0 saturated carbocycles. The van der Waals surface area contributed by atoms with E-state index in [-0.39, 0.29) is 0 Å². The first-order valence-corrected chi connectivity index (χ1v) is 8.67.